The summed E-state index contributed by atoms with van der Waals surface area (Å²) in [5.41, 5.74) is -0.732. The molecule has 0 saturated carbocycles. The van der Waals surface area contributed by atoms with Crippen molar-refractivity contribution < 1.29 is 32.2 Å². The molecule has 3 rings (SSSR count). The molecule has 0 aliphatic carbocycles. The summed E-state index contributed by atoms with van der Waals surface area (Å²) < 4.78 is 58.1. The number of anilines is 1. The largest absolute Gasteiger partial charge is 0.497 e. The quantitative estimate of drug-likeness (QED) is 0.474. The van der Waals surface area contributed by atoms with E-state index in [0.29, 0.717) is 18.8 Å². The lowest BCUT2D eigenvalue weighted by Gasteiger charge is -2.43. The third kappa shape index (κ3) is 6.15. The molecular formula is C25H28F3NO4. The maximum absolute atomic E-state index is 13.8. The molecule has 1 unspecified atom stereocenters. The highest BCUT2D eigenvalue weighted by atomic mass is 19.4. The summed E-state index contributed by atoms with van der Waals surface area (Å²) in [5, 5.41) is 0. The number of amides is 1. The van der Waals surface area contributed by atoms with Gasteiger partial charge in [0.2, 0.25) is 0 Å². The highest BCUT2D eigenvalue weighted by molar-refractivity contribution is 5.99. The number of alkyl halides is 3. The van der Waals surface area contributed by atoms with Gasteiger partial charge in [-0.25, -0.2) is 0 Å². The van der Waals surface area contributed by atoms with Crippen molar-refractivity contribution in [2.24, 2.45) is 0 Å². The minimum Gasteiger partial charge on any atom is -0.497 e. The Hall–Kier alpha value is -2.84. The van der Waals surface area contributed by atoms with Gasteiger partial charge in [0.25, 0.3) is 0 Å². The number of carbonyl (C=O) groups excluding carboxylic acids is 1. The molecule has 0 spiro atoms. The number of halogens is 3. The van der Waals surface area contributed by atoms with Crippen LogP contribution in [0, 0.1) is 0 Å². The van der Waals surface area contributed by atoms with Gasteiger partial charge in [-0.05, 0) is 49.1 Å². The Kier molecular flexibility index (Phi) is 8.15. The van der Waals surface area contributed by atoms with Crippen LogP contribution < -0.4 is 9.64 Å². The highest BCUT2D eigenvalue weighted by Gasteiger charge is 2.50. The minimum atomic E-state index is -5.10. The van der Waals surface area contributed by atoms with Crippen LogP contribution in [0.1, 0.15) is 24.8 Å². The molecule has 1 heterocycles. The number of benzene rings is 2. The van der Waals surface area contributed by atoms with Crippen LogP contribution in [0.5, 0.6) is 5.75 Å². The number of rotatable bonds is 9. The van der Waals surface area contributed by atoms with E-state index in [9.17, 15) is 18.0 Å². The maximum Gasteiger partial charge on any atom is 0.471 e. The van der Waals surface area contributed by atoms with Crippen molar-refractivity contribution in [2.75, 3.05) is 25.2 Å². The number of ether oxygens (including phenoxy) is 3. The molecule has 2 atom stereocenters. The summed E-state index contributed by atoms with van der Waals surface area (Å²) in [6, 6.07) is 14.8. The fourth-order valence-electron chi connectivity index (χ4n) is 3.88. The second-order valence-electron chi connectivity index (χ2n) is 7.91. The van der Waals surface area contributed by atoms with Crippen LogP contribution in [-0.2, 0) is 20.7 Å². The fraction of sp³-hybridized carbons (Fsp3) is 0.400. The fourth-order valence-corrected chi connectivity index (χ4v) is 3.88. The zero-order chi connectivity index (χ0) is 23.9. The highest BCUT2D eigenvalue weighted by Crippen LogP contribution is 2.35. The van der Waals surface area contributed by atoms with Crippen molar-refractivity contribution in [3.8, 4) is 5.75 Å². The molecule has 0 N–H and O–H groups in total. The average molecular weight is 463 g/mol. The van der Waals surface area contributed by atoms with Gasteiger partial charge in [0.15, 0.2) is 6.29 Å². The Bertz CT molecular complexity index is 911. The molecule has 1 aliphatic rings. The summed E-state index contributed by atoms with van der Waals surface area (Å²) in [6.45, 7) is 4.13. The van der Waals surface area contributed by atoms with Crippen LogP contribution in [-0.4, -0.2) is 44.2 Å². The number of hydrogen-bond acceptors (Lipinski definition) is 4. The van der Waals surface area contributed by atoms with Crippen molar-refractivity contribution in [3.05, 3.63) is 72.8 Å². The molecule has 33 heavy (non-hydrogen) atoms. The standard InChI is InChI=1S/C25H28F3NO4/c1-3-24(17-19-9-5-4-6-10-19,18-33-22-11-7-8-16-32-22)29(23(30)25(26,27)28)20-12-14-21(31-2)15-13-20/h3-6,9-10,12-15,22H,1,7-8,11,16-18H2,2H3/t22?,24-/m1/s1. The van der Waals surface area contributed by atoms with Gasteiger partial charge < -0.3 is 14.2 Å². The molecule has 1 fully saturated rings. The van der Waals surface area contributed by atoms with Crippen molar-refractivity contribution in [1.29, 1.82) is 0 Å². The lowest BCUT2D eigenvalue weighted by molar-refractivity contribution is -0.178. The van der Waals surface area contributed by atoms with Crippen LogP contribution in [0.3, 0.4) is 0 Å². The topological polar surface area (TPSA) is 48.0 Å². The third-order valence-corrected chi connectivity index (χ3v) is 5.61. The Balaban J connectivity index is 2.07. The van der Waals surface area contributed by atoms with Crippen LogP contribution >= 0.6 is 0 Å². The second-order valence-corrected chi connectivity index (χ2v) is 7.91. The van der Waals surface area contributed by atoms with Crippen LogP contribution in [0.4, 0.5) is 18.9 Å². The molecule has 8 heteroatoms. The molecule has 1 saturated heterocycles. The summed E-state index contributed by atoms with van der Waals surface area (Å²) in [6.07, 6.45) is -1.79. The summed E-state index contributed by atoms with van der Waals surface area (Å²) in [7, 11) is 1.45. The molecule has 2 aromatic carbocycles. The van der Waals surface area contributed by atoms with Gasteiger partial charge in [-0.1, -0.05) is 36.4 Å². The number of methoxy groups -OCH3 is 1. The monoisotopic (exact) mass is 463 g/mol. The van der Waals surface area contributed by atoms with Gasteiger partial charge in [-0.3, -0.25) is 9.69 Å². The zero-order valence-corrected chi connectivity index (χ0v) is 18.5. The van der Waals surface area contributed by atoms with E-state index >= 15 is 0 Å². The van der Waals surface area contributed by atoms with E-state index in [1.165, 1.54) is 37.5 Å². The smallest absolute Gasteiger partial charge is 0.471 e. The zero-order valence-electron chi connectivity index (χ0n) is 18.5. The molecule has 1 aliphatic heterocycles. The van der Waals surface area contributed by atoms with E-state index in [1.807, 2.05) is 6.07 Å². The van der Waals surface area contributed by atoms with Gasteiger partial charge in [0.05, 0.1) is 19.3 Å². The number of nitrogens with zero attached hydrogens (tertiary/aromatic N) is 1. The van der Waals surface area contributed by atoms with E-state index in [0.717, 1.165) is 23.3 Å². The van der Waals surface area contributed by atoms with Crippen molar-refractivity contribution in [3.63, 3.8) is 0 Å². The van der Waals surface area contributed by atoms with Gasteiger partial charge in [-0.15, -0.1) is 6.58 Å². The summed E-state index contributed by atoms with van der Waals surface area (Å²) >= 11 is 0. The first-order valence-corrected chi connectivity index (χ1v) is 10.8. The van der Waals surface area contributed by atoms with Crippen LogP contribution in [0.15, 0.2) is 67.3 Å². The minimum absolute atomic E-state index is 0.0575. The molecule has 2 aromatic rings. The van der Waals surface area contributed by atoms with Crippen molar-refractivity contribution in [2.45, 2.75) is 43.7 Å². The lowest BCUT2D eigenvalue weighted by Crippen LogP contribution is -2.59. The van der Waals surface area contributed by atoms with Crippen molar-refractivity contribution >= 4 is 11.6 Å². The normalized spacial score (nSPS) is 18.2. The lowest BCUT2D eigenvalue weighted by atomic mass is 9.88. The molecular weight excluding hydrogens is 435 g/mol. The van der Waals surface area contributed by atoms with Gasteiger partial charge in [0.1, 0.15) is 5.75 Å². The second kappa shape index (κ2) is 10.9. The summed E-state index contributed by atoms with van der Waals surface area (Å²) in [5.74, 6) is -1.55. The van der Waals surface area contributed by atoms with E-state index < -0.39 is 23.9 Å². The predicted octanol–water partition coefficient (Wildman–Crippen LogP) is 5.30. The van der Waals surface area contributed by atoms with Gasteiger partial charge >= 0.3 is 12.1 Å². The molecule has 1 amide bonds. The third-order valence-electron chi connectivity index (χ3n) is 5.61. The Morgan fingerprint density at radius 2 is 1.85 bits per heavy atom. The van der Waals surface area contributed by atoms with E-state index in [1.54, 1.807) is 24.3 Å². The van der Waals surface area contributed by atoms with E-state index in [4.69, 9.17) is 14.2 Å². The first kappa shape index (κ1) is 24.8. The maximum atomic E-state index is 13.8. The Morgan fingerprint density at radius 3 is 2.39 bits per heavy atom. The number of carbonyl (C=O) groups is 1. The first-order valence-electron chi connectivity index (χ1n) is 10.8. The number of hydrogen-bond donors (Lipinski definition) is 0. The molecule has 0 radical (unpaired) electrons. The predicted molar refractivity (Wildman–Crippen MR) is 119 cm³/mol. The van der Waals surface area contributed by atoms with Gasteiger partial charge in [0, 0.05) is 18.7 Å². The summed E-state index contributed by atoms with van der Waals surface area (Å²) in [4.78, 5) is 13.5. The van der Waals surface area contributed by atoms with Crippen LogP contribution in [0.25, 0.3) is 0 Å². The van der Waals surface area contributed by atoms with E-state index in [-0.39, 0.29) is 18.7 Å². The van der Waals surface area contributed by atoms with Crippen LogP contribution in [0.2, 0.25) is 0 Å². The Labute approximate surface area is 191 Å². The van der Waals surface area contributed by atoms with Crippen molar-refractivity contribution in [1.82, 2.24) is 0 Å². The molecule has 0 aromatic heterocycles. The first-order chi connectivity index (χ1) is 15.8. The Morgan fingerprint density at radius 1 is 1.15 bits per heavy atom. The van der Waals surface area contributed by atoms with E-state index in [2.05, 4.69) is 6.58 Å². The average Bonchev–Trinajstić information content (AvgIpc) is 2.83. The molecule has 5 nitrogen and oxygen atoms in total. The van der Waals surface area contributed by atoms with Gasteiger partial charge in [-0.2, -0.15) is 13.2 Å². The SMILES string of the molecule is C=C[C@](COC1CCCCO1)(Cc1ccccc1)N(C(=O)C(F)(F)F)c1ccc(OC)cc1. The molecule has 0 bridgehead atoms. The molecule has 178 valence electrons.